The summed E-state index contributed by atoms with van der Waals surface area (Å²) in [4.78, 5) is 28.9. The molecule has 0 aromatic heterocycles. The Balaban J connectivity index is 1.93. The van der Waals surface area contributed by atoms with E-state index < -0.39 is 46.5 Å². The lowest BCUT2D eigenvalue weighted by Gasteiger charge is -2.45. The largest absolute Gasteiger partial charge is 0.444 e. The maximum absolute atomic E-state index is 14.6. The van der Waals surface area contributed by atoms with E-state index in [1.54, 1.807) is 44.4 Å². The van der Waals surface area contributed by atoms with Crippen LogP contribution in [0.25, 0.3) is 0 Å². The van der Waals surface area contributed by atoms with Gasteiger partial charge in [0.15, 0.2) is 0 Å². The van der Waals surface area contributed by atoms with Gasteiger partial charge in [0.25, 0.3) is 5.91 Å². The van der Waals surface area contributed by atoms with E-state index in [9.17, 15) is 31.5 Å². The smallest absolute Gasteiger partial charge is 0.417 e. The minimum absolute atomic E-state index is 0.0183. The summed E-state index contributed by atoms with van der Waals surface area (Å²) in [5, 5.41) is 2.41. The van der Waals surface area contributed by atoms with Crippen molar-refractivity contribution in [3.63, 3.8) is 0 Å². The molecule has 0 saturated carbocycles. The highest BCUT2D eigenvalue weighted by Crippen LogP contribution is 2.36. The zero-order chi connectivity index (χ0) is 27.9. The lowest BCUT2D eigenvalue weighted by molar-refractivity contribution is -0.138. The number of rotatable bonds is 3. The average Bonchev–Trinajstić information content (AvgIpc) is 2.73. The first-order valence-electron chi connectivity index (χ1n) is 11.4. The average molecular weight is 592 g/mol. The predicted octanol–water partition coefficient (Wildman–Crippen LogP) is 6.83. The van der Waals surface area contributed by atoms with Crippen LogP contribution in [0.4, 0.5) is 38.1 Å². The monoisotopic (exact) mass is 591 g/mol. The van der Waals surface area contributed by atoms with Crippen LogP contribution in [0.5, 0.6) is 0 Å². The molecular weight excluding hydrogens is 565 g/mol. The lowest BCUT2D eigenvalue weighted by atomic mass is 10.0. The highest BCUT2D eigenvalue weighted by molar-refractivity contribution is 9.10. The molecule has 0 spiro atoms. The number of ether oxygens (including phenoxy) is 1. The van der Waals surface area contributed by atoms with Gasteiger partial charge in [-0.3, -0.25) is 9.69 Å². The fourth-order valence-electron chi connectivity index (χ4n) is 4.23. The highest BCUT2D eigenvalue weighted by atomic mass is 79.9. The number of hydrogen-bond donors (Lipinski definition) is 1. The fourth-order valence-corrected chi connectivity index (χ4v) is 4.57. The van der Waals surface area contributed by atoms with E-state index in [1.807, 2.05) is 0 Å². The number of carbonyl (C=O) groups excluding carboxylic acids is 2. The van der Waals surface area contributed by atoms with Crippen molar-refractivity contribution in [3.05, 3.63) is 57.6 Å². The third-order valence-corrected chi connectivity index (χ3v) is 6.29. The van der Waals surface area contributed by atoms with E-state index in [-0.39, 0.29) is 47.1 Å². The highest BCUT2D eigenvalue weighted by Gasteiger charge is 2.38. The molecule has 2 unspecified atom stereocenters. The van der Waals surface area contributed by atoms with Gasteiger partial charge < -0.3 is 15.0 Å². The molecule has 1 saturated heterocycles. The van der Waals surface area contributed by atoms with Crippen LogP contribution in [0.3, 0.4) is 0 Å². The van der Waals surface area contributed by atoms with Crippen molar-refractivity contribution in [3.8, 4) is 0 Å². The van der Waals surface area contributed by atoms with Crippen molar-refractivity contribution >= 4 is 39.3 Å². The first-order chi connectivity index (χ1) is 17.0. The van der Waals surface area contributed by atoms with Crippen molar-refractivity contribution in [2.24, 2.45) is 0 Å². The van der Waals surface area contributed by atoms with Gasteiger partial charge in [0, 0.05) is 19.2 Å². The molecule has 0 bridgehead atoms. The molecule has 3 rings (SSSR count). The van der Waals surface area contributed by atoms with Gasteiger partial charge in [-0.15, -0.1) is 0 Å². The summed E-state index contributed by atoms with van der Waals surface area (Å²) in [6.45, 7) is 9.29. The van der Waals surface area contributed by atoms with Crippen LogP contribution in [0.1, 0.15) is 50.5 Å². The molecule has 1 heterocycles. The first-order valence-corrected chi connectivity index (χ1v) is 12.2. The molecule has 2 aromatic carbocycles. The molecule has 2 aromatic rings. The molecule has 12 heteroatoms. The number of benzene rings is 2. The molecule has 6 nitrogen and oxygen atoms in total. The van der Waals surface area contributed by atoms with E-state index in [0.717, 1.165) is 18.2 Å². The molecule has 1 fully saturated rings. The Labute approximate surface area is 219 Å². The number of halogens is 6. The normalized spacial score (nSPS) is 18.6. The van der Waals surface area contributed by atoms with Crippen LogP contribution < -0.4 is 10.2 Å². The minimum Gasteiger partial charge on any atom is -0.444 e. The van der Waals surface area contributed by atoms with E-state index in [1.165, 1.54) is 6.07 Å². The Kier molecular flexibility index (Phi) is 8.11. The molecule has 202 valence electrons. The summed E-state index contributed by atoms with van der Waals surface area (Å²) in [7, 11) is 0. The third kappa shape index (κ3) is 6.71. The van der Waals surface area contributed by atoms with Gasteiger partial charge >= 0.3 is 12.3 Å². The molecule has 37 heavy (non-hydrogen) atoms. The van der Waals surface area contributed by atoms with E-state index in [2.05, 4.69) is 21.2 Å². The van der Waals surface area contributed by atoms with Gasteiger partial charge in [-0.05, 0) is 74.8 Å². The Morgan fingerprint density at radius 2 is 1.62 bits per heavy atom. The van der Waals surface area contributed by atoms with E-state index >= 15 is 0 Å². The summed E-state index contributed by atoms with van der Waals surface area (Å²) >= 11 is 3.04. The zero-order valence-corrected chi connectivity index (χ0v) is 22.4. The molecule has 1 aliphatic heterocycles. The molecular formula is C25H27BrF5N3O3. The Hall–Kier alpha value is -2.89. The number of nitrogens with one attached hydrogen (secondary N) is 1. The fraction of sp³-hybridized carbons (Fsp3) is 0.440. The van der Waals surface area contributed by atoms with E-state index in [4.69, 9.17) is 4.74 Å². The van der Waals surface area contributed by atoms with Crippen LogP contribution >= 0.6 is 15.9 Å². The van der Waals surface area contributed by atoms with Crippen molar-refractivity contribution < 1.29 is 36.3 Å². The van der Waals surface area contributed by atoms with E-state index in [0.29, 0.717) is 0 Å². The minimum atomic E-state index is -4.97. The maximum atomic E-state index is 14.6. The quantitative estimate of drug-likeness (QED) is 0.397. The molecule has 2 amide bonds. The summed E-state index contributed by atoms with van der Waals surface area (Å²) in [5.41, 5.74) is -2.65. The number of nitrogens with zero attached hydrogens (tertiary/aromatic N) is 2. The summed E-state index contributed by atoms with van der Waals surface area (Å²) in [6.07, 6.45) is -5.47. The van der Waals surface area contributed by atoms with Crippen LogP contribution in [-0.4, -0.2) is 47.7 Å². The van der Waals surface area contributed by atoms with Gasteiger partial charge in [0.05, 0.1) is 39.1 Å². The topological polar surface area (TPSA) is 61.9 Å². The van der Waals surface area contributed by atoms with Crippen LogP contribution in [0.15, 0.2) is 34.8 Å². The van der Waals surface area contributed by atoms with Crippen molar-refractivity contribution in [1.82, 2.24) is 4.90 Å². The zero-order valence-electron chi connectivity index (χ0n) is 20.8. The number of amides is 2. The van der Waals surface area contributed by atoms with Gasteiger partial charge in [0.1, 0.15) is 17.2 Å². The molecule has 1 aliphatic rings. The number of anilines is 2. The number of hydrogen-bond acceptors (Lipinski definition) is 4. The Morgan fingerprint density at radius 3 is 2.16 bits per heavy atom. The SMILES string of the molecule is CC1CN(c2cc(F)c(Br)cc2NC(=O)c2ccc(F)cc2C(F)(F)F)CC(C)N1C(=O)OC(C)(C)C. The summed E-state index contributed by atoms with van der Waals surface area (Å²) in [6, 6.07) is 3.40. The standard InChI is InChI=1S/C25H27BrF5N3O3/c1-13-11-33(12-14(2)34(13)23(36)37-24(3,4)5)21-10-19(28)18(26)9-20(21)32-22(35)16-7-6-15(27)8-17(16)25(29,30)31/h6-10,13-14H,11-12H2,1-5H3,(H,32,35). The molecule has 2 atom stereocenters. The molecule has 0 radical (unpaired) electrons. The predicted molar refractivity (Wildman–Crippen MR) is 133 cm³/mol. The summed E-state index contributed by atoms with van der Waals surface area (Å²) in [5.74, 6) is -2.93. The maximum Gasteiger partial charge on any atom is 0.417 e. The van der Waals surface area contributed by atoms with Crippen molar-refractivity contribution in [2.75, 3.05) is 23.3 Å². The second-order valence-corrected chi connectivity index (χ2v) is 10.8. The Morgan fingerprint density at radius 1 is 1.03 bits per heavy atom. The number of piperazine rings is 1. The van der Waals surface area contributed by atoms with Crippen molar-refractivity contribution in [2.45, 2.75) is 58.5 Å². The Bertz CT molecular complexity index is 1190. The first kappa shape index (κ1) is 28.7. The van der Waals surface area contributed by atoms with Crippen LogP contribution in [-0.2, 0) is 10.9 Å². The molecule has 0 aliphatic carbocycles. The number of carbonyl (C=O) groups is 2. The second kappa shape index (κ2) is 10.5. The van der Waals surface area contributed by atoms with Crippen LogP contribution in [0.2, 0.25) is 0 Å². The lowest BCUT2D eigenvalue weighted by Crippen LogP contribution is -2.59. The third-order valence-electron chi connectivity index (χ3n) is 5.68. The number of alkyl halides is 3. The van der Waals surface area contributed by atoms with Gasteiger partial charge in [0.2, 0.25) is 0 Å². The summed E-state index contributed by atoms with van der Waals surface area (Å²) < 4.78 is 73.9. The van der Waals surface area contributed by atoms with Gasteiger partial charge in [-0.1, -0.05) is 0 Å². The van der Waals surface area contributed by atoms with Crippen LogP contribution in [0, 0.1) is 11.6 Å². The van der Waals surface area contributed by atoms with Crippen molar-refractivity contribution in [1.29, 1.82) is 0 Å². The van der Waals surface area contributed by atoms with Gasteiger partial charge in [-0.2, -0.15) is 13.2 Å². The van der Waals surface area contributed by atoms with Gasteiger partial charge in [-0.25, -0.2) is 13.6 Å². The second-order valence-electron chi connectivity index (χ2n) is 9.92. The molecule has 1 N–H and O–H groups in total.